The lowest BCUT2D eigenvalue weighted by molar-refractivity contribution is 0.173. The molecule has 0 aliphatic carbocycles. The summed E-state index contributed by atoms with van der Waals surface area (Å²) in [4.78, 5) is -0.129. The summed E-state index contributed by atoms with van der Waals surface area (Å²) in [5.74, 6) is 0.917. The third-order valence-electron chi connectivity index (χ3n) is 1.92. The molecule has 0 aromatic heterocycles. The molecule has 7 heteroatoms. The first-order valence-corrected chi connectivity index (χ1v) is 6.25. The van der Waals surface area contributed by atoms with Crippen molar-refractivity contribution >= 4 is 19.7 Å². The fourth-order valence-corrected chi connectivity index (χ4v) is 2.25. The number of halogens is 1. The number of ether oxygens (including phenoxy) is 3. The molecule has 0 saturated carbocycles. The van der Waals surface area contributed by atoms with Crippen LogP contribution in [-0.2, 0) is 9.05 Å². The Morgan fingerprint density at radius 3 is 2.47 bits per heavy atom. The van der Waals surface area contributed by atoms with Crippen molar-refractivity contribution in [2.24, 2.45) is 0 Å². The molecular weight excluding hydrogens is 244 g/mol. The molecule has 0 spiro atoms. The maximum Gasteiger partial charge on any atom is 0.265 e. The maximum absolute atomic E-state index is 11.2. The lowest BCUT2D eigenvalue weighted by Gasteiger charge is -2.06. The summed E-state index contributed by atoms with van der Waals surface area (Å²) in [7, 11) is 2.73. The van der Waals surface area contributed by atoms with Crippen molar-refractivity contribution < 1.29 is 22.6 Å². The van der Waals surface area contributed by atoms with E-state index in [0.29, 0.717) is 11.5 Å². The molecule has 1 heterocycles. The smallest absolute Gasteiger partial charge is 0.265 e. The second-order valence-electron chi connectivity index (χ2n) is 2.79. The van der Waals surface area contributed by atoms with Gasteiger partial charge in [-0.15, -0.1) is 0 Å². The fraction of sp³-hybridized carbons (Fsp3) is 0.250. The van der Waals surface area contributed by atoms with E-state index in [4.69, 9.17) is 24.9 Å². The molecule has 0 fully saturated rings. The highest BCUT2D eigenvalue weighted by Gasteiger charge is 2.23. The number of methoxy groups -OCH3 is 1. The molecule has 0 saturated heterocycles. The molecule has 1 aliphatic rings. The molecule has 0 bridgehead atoms. The fourth-order valence-electron chi connectivity index (χ4n) is 1.25. The predicted molar refractivity (Wildman–Crippen MR) is 52.2 cm³/mol. The number of benzene rings is 1. The largest absolute Gasteiger partial charge is 0.495 e. The van der Waals surface area contributed by atoms with Crippen LogP contribution in [0.1, 0.15) is 0 Å². The molecule has 15 heavy (non-hydrogen) atoms. The maximum atomic E-state index is 11.2. The Labute approximate surface area is 90.9 Å². The molecule has 5 nitrogen and oxygen atoms in total. The van der Waals surface area contributed by atoms with Crippen molar-refractivity contribution in [3.63, 3.8) is 0 Å². The Bertz CT molecular complexity index is 496. The van der Waals surface area contributed by atoms with Crippen LogP contribution in [0.5, 0.6) is 17.2 Å². The number of rotatable bonds is 2. The van der Waals surface area contributed by atoms with Crippen molar-refractivity contribution in [2.45, 2.75) is 4.90 Å². The molecule has 0 N–H and O–H groups in total. The van der Waals surface area contributed by atoms with E-state index in [0.717, 1.165) is 0 Å². The van der Waals surface area contributed by atoms with Gasteiger partial charge in [0.1, 0.15) is 10.6 Å². The standard InChI is InChI=1S/C8H7ClO5S/c1-12-7-2-5-6(14-4-13-5)3-8(7)15(9,10)11/h2-3H,4H2,1H3. The molecular formula is C8H7ClO5S. The zero-order valence-corrected chi connectivity index (χ0v) is 9.26. The van der Waals surface area contributed by atoms with E-state index in [1.807, 2.05) is 0 Å². The summed E-state index contributed by atoms with van der Waals surface area (Å²) in [5.41, 5.74) is 0. The van der Waals surface area contributed by atoms with Crippen molar-refractivity contribution in [3.05, 3.63) is 12.1 Å². The highest BCUT2D eigenvalue weighted by Crippen LogP contribution is 2.40. The van der Waals surface area contributed by atoms with Crippen LogP contribution in [0.3, 0.4) is 0 Å². The van der Waals surface area contributed by atoms with Crippen LogP contribution in [-0.4, -0.2) is 22.3 Å². The second kappa shape index (κ2) is 3.46. The molecule has 1 aliphatic heterocycles. The molecule has 2 rings (SSSR count). The van der Waals surface area contributed by atoms with Gasteiger partial charge in [-0.25, -0.2) is 8.42 Å². The average Bonchev–Trinajstić information content (AvgIpc) is 2.60. The van der Waals surface area contributed by atoms with Gasteiger partial charge in [0, 0.05) is 22.8 Å². The number of hydrogen-bond acceptors (Lipinski definition) is 5. The van der Waals surface area contributed by atoms with Gasteiger partial charge in [-0.1, -0.05) is 0 Å². The quantitative estimate of drug-likeness (QED) is 0.742. The van der Waals surface area contributed by atoms with Crippen molar-refractivity contribution in [1.29, 1.82) is 0 Å². The lowest BCUT2D eigenvalue weighted by atomic mass is 10.3. The Hall–Kier alpha value is -1.14. The SMILES string of the molecule is COc1cc2c(cc1S(=O)(=O)Cl)OCO2. The van der Waals surface area contributed by atoms with E-state index in [2.05, 4.69) is 0 Å². The average molecular weight is 251 g/mol. The summed E-state index contributed by atoms with van der Waals surface area (Å²) < 4.78 is 37.4. The summed E-state index contributed by atoms with van der Waals surface area (Å²) in [5, 5.41) is 0. The van der Waals surface area contributed by atoms with Crippen LogP contribution in [0.2, 0.25) is 0 Å². The van der Waals surface area contributed by atoms with Crippen LogP contribution < -0.4 is 14.2 Å². The van der Waals surface area contributed by atoms with Crippen molar-refractivity contribution in [1.82, 2.24) is 0 Å². The van der Waals surface area contributed by atoms with Gasteiger partial charge in [0.15, 0.2) is 11.5 Å². The monoisotopic (exact) mass is 250 g/mol. The lowest BCUT2D eigenvalue weighted by Crippen LogP contribution is -1.96. The van der Waals surface area contributed by atoms with Crippen LogP contribution in [0.4, 0.5) is 0 Å². The molecule has 1 aromatic carbocycles. The zero-order chi connectivity index (χ0) is 11.1. The van der Waals surface area contributed by atoms with E-state index in [1.54, 1.807) is 0 Å². The summed E-state index contributed by atoms with van der Waals surface area (Å²) >= 11 is 0. The van der Waals surface area contributed by atoms with Gasteiger partial charge < -0.3 is 14.2 Å². The minimum Gasteiger partial charge on any atom is -0.495 e. The van der Waals surface area contributed by atoms with Gasteiger partial charge >= 0.3 is 0 Å². The first kappa shape index (κ1) is 10.4. The third-order valence-corrected chi connectivity index (χ3v) is 3.26. The van der Waals surface area contributed by atoms with Crippen LogP contribution >= 0.6 is 10.7 Å². The minimum absolute atomic E-state index is 0.0598. The van der Waals surface area contributed by atoms with Crippen LogP contribution in [0.15, 0.2) is 17.0 Å². The molecule has 1 aromatic rings. The second-order valence-corrected chi connectivity index (χ2v) is 5.33. The van der Waals surface area contributed by atoms with E-state index in [9.17, 15) is 8.42 Å². The van der Waals surface area contributed by atoms with Crippen molar-refractivity contribution in [3.8, 4) is 17.2 Å². The zero-order valence-electron chi connectivity index (χ0n) is 7.69. The first-order chi connectivity index (χ1) is 7.02. The first-order valence-electron chi connectivity index (χ1n) is 3.94. The van der Waals surface area contributed by atoms with Crippen molar-refractivity contribution in [2.75, 3.05) is 13.9 Å². The topological polar surface area (TPSA) is 61.8 Å². The van der Waals surface area contributed by atoms with Gasteiger partial charge in [-0.05, 0) is 0 Å². The highest BCUT2D eigenvalue weighted by molar-refractivity contribution is 8.13. The minimum atomic E-state index is -3.86. The van der Waals surface area contributed by atoms with Crippen LogP contribution in [0, 0.1) is 0 Å². The van der Waals surface area contributed by atoms with Gasteiger partial charge in [-0.3, -0.25) is 0 Å². The van der Waals surface area contributed by atoms with Gasteiger partial charge in [-0.2, -0.15) is 0 Å². The number of fused-ring (bicyclic) bond motifs is 1. The van der Waals surface area contributed by atoms with E-state index in [-0.39, 0.29) is 17.4 Å². The third kappa shape index (κ3) is 1.82. The van der Waals surface area contributed by atoms with E-state index in [1.165, 1.54) is 19.2 Å². The predicted octanol–water partition coefficient (Wildman–Crippen LogP) is 1.35. The molecule has 0 unspecified atom stereocenters. The normalized spacial score (nSPS) is 14.0. The van der Waals surface area contributed by atoms with E-state index >= 15 is 0 Å². The molecule has 0 atom stereocenters. The molecule has 0 amide bonds. The summed E-state index contributed by atoms with van der Waals surface area (Å²) in [6.45, 7) is 0.0598. The molecule has 82 valence electrons. The van der Waals surface area contributed by atoms with Gasteiger partial charge in [0.25, 0.3) is 9.05 Å². The molecule has 0 radical (unpaired) electrons. The summed E-state index contributed by atoms with van der Waals surface area (Å²) in [6, 6.07) is 2.71. The van der Waals surface area contributed by atoms with E-state index < -0.39 is 9.05 Å². The Morgan fingerprint density at radius 2 is 1.93 bits per heavy atom. The van der Waals surface area contributed by atoms with Crippen LogP contribution in [0.25, 0.3) is 0 Å². The Morgan fingerprint density at radius 1 is 1.33 bits per heavy atom. The highest BCUT2D eigenvalue weighted by atomic mass is 35.7. The number of hydrogen-bond donors (Lipinski definition) is 0. The Kier molecular flexibility index (Phi) is 2.40. The summed E-state index contributed by atoms with van der Waals surface area (Å²) in [6.07, 6.45) is 0. The van der Waals surface area contributed by atoms with Gasteiger partial charge in [0.2, 0.25) is 6.79 Å². The Balaban J connectivity index is 2.64. The van der Waals surface area contributed by atoms with Gasteiger partial charge in [0.05, 0.1) is 7.11 Å².